The van der Waals surface area contributed by atoms with Crippen molar-refractivity contribution < 1.29 is 9.34 Å². The summed E-state index contributed by atoms with van der Waals surface area (Å²) >= 11 is 0. The van der Waals surface area contributed by atoms with E-state index in [-0.39, 0.29) is 28.2 Å². The van der Waals surface area contributed by atoms with E-state index in [2.05, 4.69) is 20.2 Å². The summed E-state index contributed by atoms with van der Waals surface area (Å²) in [7, 11) is 0. The highest BCUT2D eigenvalue weighted by atomic mass is 16.6. The van der Waals surface area contributed by atoms with Gasteiger partial charge in [-0.05, 0) is 6.07 Å². The number of benzene rings is 1. The van der Waals surface area contributed by atoms with Gasteiger partial charge in [0.15, 0.2) is 0 Å². The minimum absolute atomic E-state index is 0.116. The molecule has 0 radical (unpaired) electrons. The van der Waals surface area contributed by atoms with Gasteiger partial charge in [0.25, 0.3) is 5.69 Å². The average Bonchev–Trinajstić information content (AvgIpc) is 2.99. The highest BCUT2D eigenvalue weighted by molar-refractivity contribution is 5.87. The average molecular weight is 285 g/mol. The summed E-state index contributed by atoms with van der Waals surface area (Å²) in [6.45, 7) is 0. The number of nitro benzene ring substituents is 1. The van der Waals surface area contributed by atoms with Crippen molar-refractivity contribution in [3.05, 3.63) is 56.7 Å². The normalized spacial score (nSPS) is 11.2. The standard InChI is InChI=1S/C12H7N5O4/c18-11-7(4-13-12-14-6-15-16-12)5-21-10-2-1-8(17(19)20)3-9(10)11/h1-6H,(H,14,15,16)/b13-4+. The molecule has 0 spiro atoms. The topological polar surface area (TPSA) is 127 Å². The number of non-ortho nitro benzene ring substituents is 1. The van der Waals surface area contributed by atoms with E-state index in [0.29, 0.717) is 0 Å². The number of aromatic nitrogens is 3. The molecule has 0 saturated carbocycles. The van der Waals surface area contributed by atoms with Crippen LogP contribution < -0.4 is 5.43 Å². The van der Waals surface area contributed by atoms with E-state index in [0.717, 1.165) is 0 Å². The molecular formula is C12H7N5O4. The molecule has 0 fully saturated rings. The summed E-state index contributed by atoms with van der Waals surface area (Å²) in [6.07, 6.45) is 3.76. The summed E-state index contributed by atoms with van der Waals surface area (Å²) in [6, 6.07) is 3.83. The van der Waals surface area contributed by atoms with Crippen molar-refractivity contribution in [2.24, 2.45) is 4.99 Å². The molecule has 21 heavy (non-hydrogen) atoms. The third-order valence-electron chi connectivity index (χ3n) is 2.72. The molecule has 3 rings (SSSR count). The Hall–Kier alpha value is -3.36. The van der Waals surface area contributed by atoms with Gasteiger partial charge in [-0.2, -0.15) is 10.1 Å². The second-order valence-corrected chi connectivity index (χ2v) is 4.03. The Labute approximate surface area is 116 Å². The predicted molar refractivity (Wildman–Crippen MR) is 72.8 cm³/mol. The number of aromatic amines is 1. The summed E-state index contributed by atoms with van der Waals surface area (Å²) in [5.74, 6) is 0.230. The van der Waals surface area contributed by atoms with Gasteiger partial charge in [-0.15, -0.1) is 0 Å². The Morgan fingerprint density at radius 2 is 2.29 bits per heavy atom. The molecule has 3 aromatic rings. The molecule has 0 bridgehead atoms. The molecule has 2 aromatic heterocycles. The number of H-pyrrole nitrogens is 1. The van der Waals surface area contributed by atoms with Crippen LogP contribution in [0.2, 0.25) is 0 Å². The molecule has 1 N–H and O–H groups in total. The number of hydrogen-bond donors (Lipinski definition) is 1. The Balaban J connectivity index is 2.10. The minimum Gasteiger partial charge on any atom is -0.463 e. The lowest BCUT2D eigenvalue weighted by atomic mass is 10.1. The van der Waals surface area contributed by atoms with Gasteiger partial charge < -0.3 is 4.42 Å². The zero-order chi connectivity index (χ0) is 14.8. The third-order valence-corrected chi connectivity index (χ3v) is 2.72. The van der Waals surface area contributed by atoms with Crippen LogP contribution in [0, 0.1) is 10.1 Å². The molecule has 104 valence electrons. The van der Waals surface area contributed by atoms with Gasteiger partial charge in [0, 0.05) is 18.3 Å². The van der Waals surface area contributed by atoms with Crippen LogP contribution in [0.5, 0.6) is 0 Å². The zero-order valence-corrected chi connectivity index (χ0v) is 10.4. The van der Waals surface area contributed by atoms with Gasteiger partial charge in [-0.1, -0.05) is 0 Å². The van der Waals surface area contributed by atoms with Crippen molar-refractivity contribution in [2.75, 3.05) is 0 Å². The van der Waals surface area contributed by atoms with Crippen molar-refractivity contribution in [1.82, 2.24) is 15.2 Å². The highest BCUT2D eigenvalue weighted by Gasteiger charge is 2.11. The van der Waals surface area contributed by atoms with Crippen molar-refractivity contribution in [3.63, 3.8) is 0 Å². The van der Waals surface area contributed by atoms with Crippen molar-refractivity contribution in [2.45, 2.75) is 0 Å². The van der Waals surface area contributed by atoms with Crippen molar-refractivity contribution >= 4 is 28.8 Å². The molecular weight excluding hydrogens is 278 g/mol. The van der Waals surface area contributed by atoms with Crippen LogP contribution in [-0.2, 0) is 0 Å². The quantitative estimate of drug-likeness (QED) is 0.442. The van der Waals surface area contributed by atoms with E-state index in [9.17, 15) is 14.9 Å². The number of nitrogens with one attached hydrogen (secondary N) is 1. The predicted octanol–water partition coefficient (Wildman–Crippen LogP) is 1.57. The van der Waals surface area contributed by atoms with Crippen molar-refractivity contribution in [1.29, 1.82) is 0 Å². The number of fused-ring (bicyclic) bond motifs is 1. The van der Waals surface area contributed by atoms with E-state index in [1.807, 2.05) is 0 Å². The van der Waals surface area contributed by atoms with Crippen LogP contribution in [-0.4, -0.2) is 26.3 Å². The Kier molecular flexibility index (Phi) is 2.99. The first kappa shape index (κ1) is 12.7. The van der Waals surface area contributed by atoms with Gasteiger partial charge in [0.1, 0.15) is 18.2 Å². The summed E-state index contributed by atoms with van der Waals surface area (Å²) < 4.78 is 5.27. The Bertz CT molecular complexity index is 898. The summed E-state index contributed by atoms with van der Waals surface area (Å²) in [5, 5.41) is 17.0. The minimum atomic E-state index is -0.575. The maximum absolute atomic E-state index is 12.2. The molecule has 0 atom stereocenters. The van der Waals surface area contributed by atoms with Crippen LogP contribution in [0.25, 0.3) is 11.0 Å². The zero-order valence-electron chi connectivity index (χ0n) is 10.4. The van der Waals surface area contributed by atoms with Crippen LogP contribution >= 0.6 is 0 Å². The van der Waals surface area contributed by atoms with Gasteiger partial charge >= 0.3 is 0 Å². The van der Waals surface area contributed by atoms with Gasteiger partial charge in [-0.3, -0.25) is 14.9 Å². The molecule has 9 heteroatoms. The molecule has 0 amide bonds. The van der Waals surface area contributed by atoms with E-state index in [1.54, 1.807) is 0 Å². The first-order valence-corrected chi connectivity index (χ1v) is 5.74. The first-order valence-electron chi connectivity index (χ1n) is 5.74. The van der Waals surface area contributed by atoms with Crippen LogP contribution in [0.4, 0.5) is 11.6 Å². The second kappa shape index (κ2) is 4.96. The fourth-order valence-corrected chi connectivity index (χ4v) is 1.73. The number of nitrogens with zero attached hydrogens (tertiary/aromatic N) is 4. The van der Waals surface area contributed by atoms with E-state index < -0.39 is 10.4 Å². The molecule has 2 heterocycles. The second-order valence-electron chi connectivity index (χ2n) is 4.03. The number of rotatable bonds is 3. The van der Waals surface area contributed by atoms with Crippen LogP contribution in [0.15, 0.2) is 45.0 Å². The monoisotopic (exact) mass is 285 g/mol. The molecule has 0 aliphatic carbocycles. The highest BCUT2D eigenvalue weighted by Crippen LogP contribution is 2.18. The van der Waals surface area contributed by atoms with Crippen LogP contribution in [0.3, 0.4) is 0 Å². The SMILES string of the molecule is O=c1c(/C=N/c2ncn[nH]2)coc2ccc([N+](=O)[O-])cc12. The third kappa shape index (κ3) is 2.39. The lowest BCUT2D eigenvalue weighted by molar-refractivity contribution is -0.384. The molecule has 1 aromatic carbocycles. The molecule has 9 nitrogen and oxygen atoms in total. The van der Waals surface area contributed by atoms with E-state index in [1.165, 1.54) is 37.0 Å². The first-order chi connectivity index (χ1) is 10.1. The van der Waals surface area contributed by atoms with E-state index in [4.69, 9.17) is 4.42 Å². The fraction of sp³-hybridized carbons (Fsp3) is 0. The maximum Gasteiger partial charge on any atom is 0.270 e. The molecule has 0 aliphatic heterocycles. The van der Waals surface area contributed by atoms with Crippen LogP contribution in [0.1, 0.15) is 5.56 Å². The van der Waals surface area contributed by atoms with Crippen molar-refractivity contribution in [3.8, 4) is 0 Å². The molecule has 0 aliphatic rings. The lowest BCUT2D eigenvalue weighted by Gasteiger charge is -1.98. The van der Waals surface area contributed by atoms with Gasteiger partial charge in [-0.25, -0.2) is 10.1 Å². The largest absolute Gasteiger partial charge is 0.463 e. The lowest BCUT2D eigenvalue weighted by Crippen LogP contribution is -2.08. The smallest absolute Gasteiger partial charge is 0.270 e. The fourth-order valence-electron chi connectivity index (χ4n) is 1.73. The molecule has 0 unspecified atom stereocenters. The number of aliphatic imine (C=N–C) groups is 1. The van der Waals surface area contributed by atoms with Gasteiger partial charge in [0.2, 0.25) is 11.4 Å². The summed E-state index contributed by atoms with van der Waals surface area (Å²) in [4.78, 5) is 30.1. The molecule has 0 saturated heterocycles. The number of hydrogen-bond acceptors (Lipinski definition) is 7. The van der Waals surface area contributed by atoms with E-state index >= 15 is 0 Å². The maximum atomic E-state index is 12.2. The Morgan fingerprint density at radius 3 is 3.00 bits per heavy atom. The number of nitro groups is 1. The van der Waals surface area contributed by atoms with Gasteiger partial charge in [0.05, 0.1) is 15.9 Å². The summed E-state index contributed by atoms with van der Waals surface area (Å²) in [5.41, 5.74) is -0.177. The Morgan fingerprint density at radius 1 is 1.43 bits per heavy atom.